The van der Waals surface area contributed by atoms with Crippen molar-refractivity contribution in [3.8, 4) is 0 Å². The van der Waals surface area contributed by atoms with E-state index >= 15 is 0 Å². The van der Waals surface area contributed by atoms with Gasteiger partial charge < -0.3 is 10.2 Å². The van der Waals surface area contributed by atoms with Crippen LogP contribution in [0.15, 0.2) is 22.9 Å². The average Bonchev–Trinajstić information content (AvgIpc) is 2.38. The maximum Gasteiger partial charge on any atom is 0.224 e. The van der Waals surface area contributed by atoms with E-state index in [1.54, 1.807) is 13.2 Å². The number of amides is 1. The van der Waals surface area contributed by atoms with Gasteiger partial charge in [0.05, 0.1) is 17.8 Å². The molecule has 1 aromatic heterocycles. The van der Waals surface area contributed by atoms with E-state index in [2.05, 4.69) is 31.1 Å². The second kappa shape index (κ2) is 5.49. The van der Waals surface area contributed by atoms with Gasteiger partial charge in [0.1, 0.15) is 0 Å². The molecule has 17 heavy (non-hydrogen) atoms. The first kappa shape index (κ1) is 12.4. The van der Waals surface area contributed by atoms with Crippen LogP contribution in [0.1, 0.15) is 12.8 Å². The Hall–Kier alpha value is -1.10. The summed E-state index contributed by atoms with van der Waals surface area (Å²) in [5.74, 6) is 0.227. The van der Waals surface area contributed by atoms with Gasteiger partial charge in [0.2, 0.25) is 5.91 Å². The first-order valence-electron chi connectivity index (χ1n) is 5.78. The maximum absolute atomic E-state index is 11.6. The summed E-state index contributed by atoms with van der Waals surface area (Å²) < 4.78 is 0.970. The summed E-state index contributed by atoms with van der Waals surface area (Å²) in [5.41, 5.74) is 1.08. The number of carbonyl (C=O) groups is 1. The Morgan fingerprint density at radius 3 is 3.12 bits per heavy atom. The van der Waals surface area contributed by atoms with Crippen LogP contribution in [0.5, 0.6) is 0 Å². The number of aromatic nitrogens is 1. The summed E-state index contributed by atoms with van der Waals surface area (Å²) in [5, 5.41) is 2.73. The molecule has 0 aliphatic carbocycles. The molecule has 0 saturated carbocycles. The Morgan fingerprint density at radius 1 is 1.59 bits per heavy atom. The van der Waals surface area contributed by atoms with E-state index in [9.17, 15) is 4.79 Å². The van der Waals surface area contributed by atoms with Crippen LogP contribution in [0.2, 0.25) is 0 Å². The van der Waals surface area contributed by atoms with Crippen molar-refractivity contribution in [2.24, 2.45) is 5.92 Å². The lowest BCUT2D eigenvalue weighted by Gasteiger charge is -2.33. The minimum Gasteiger partial charge on any atom is -0.369 e. The van der Waals surface area contributed by atoms with Crippen molar-refractivity contribution < 1.29 is 4.79 Å². The van der Waals surface area contributed by atoms with Gasteiger partial charge in [-0.15, -0.1) is 0 Å². The number of nitrogens with zero attached hydrogens (tertiary/aromatic N) is 2. The van der Waals surface area contributed by atoms with Crippen LogP contribution in [0.3, 0.4) is 0 Å². The lowest BCUT2D eigenvalue weighted by molar-refractivity contribution is -0.124. The van der Waals surface area contributed by atoms with Crippen molar-refractivity contribution in [3.63, 3.8) is 0 Å². The van der Waals surface area contributed by atoms with Crippen molar-refractivity contribution in [1.82, 2.24) is 10.3 Å². The van der Waals surface area contributed by atoms with Gasteiger partial charge in [-0.25, -0.2) is 0 Å². The van der Waals surface area contributed by atoms with Crippen LogP contribution in [0, 0.1) is 5.92 Å². The van der Waals surface area contributed by atoms with E-state index in [0.717, 1.165) is 36.1 Å². The molecule has 2 heterocycles. The van der Waals surface area contributed by atoms with Gasteiger partial charge in [-0.1, -0.05) is 0 Å². The Kier molecular flexibility index (Phi) is 3.99. The Bertz CT molecular complexity index is 410. The van der Waals surface area contributed by atoms with Crippen LogP contribution >= 0.6 is 15.9 Å². The lowest BCUT2D eigenvalue weighted by Crippen LogP contribution is -2.42. The Balaban J connectivity index is 2.09. The number of carbonyl (C=O) groups excluding carboxylic acids is 1. The second-order valence-corrected chi connectivity index (χ2v) is 5.18. The zero-order chi connectivity index (χ0) is 12.3. The Morgan fingerprint density at radius 2 is 2.41 bits per heavy atom. The van der Waals surface area contributed by atoms with E-state index < -0.39 is 0 Å². The molecule has 1 unspecified atom stereocenters. The largest absolute Gasteiger partial charge is 0.369 e. The third-order valence-electron chi connectivity index (χ3n) is 3.09. The summed E-state index contributed by atoms with van der Waals surface area (Å²) in [6.45, 7) is 1.77. The summed E-state index contributed by atoms with van der Waals surface area (Å²) in [6.07, 6.45) is 5.63. The predicted octanol–water partition coefficient (Wildman–Crippen LogP) is 1.81. The molecule has 1 aromatic rings. The monoisotopic (exact) mass is 297 g/mol. The van der Waals surface area contributed by atoms with Crippen molar-refractivity contribution >= 4 is 27.5 Å². The van der Waals surface area contributed by atoms with E-state index in [-0.39, 0.29) is 11.8 Å². The number of anilines is 1. The molecule has 5 heteroatoms. The highest BCUT2D eigenvalue weighted by atomic mass is 79.9. The third kappa shape index (κ3) is 2.97. The molecule has 1 saturated heterocycles. The number of hydrogen-bond donors (Lipinski definition) is 1. The molecule has 1 atom stereocenters. The zero-order valence-corrected chi connectivity index (χ0v) is 11.4. The number of piperidine rings is 1. The fraction of sp³-hybridized carbons (Fsp3) is 0.500. The van der Waals surface area contributed by atoms with Gasteiger partial charge in [-0.2, -0.15) is 0 Å². The standard InChI is InChI=1S/C12H16BrN3O/c1-14-12(17)9-3-2-4-16(8-9)11-5-10(13)6-15-7-11/h5-7,9H,2-4,8H2,1H3,(H,14,17). The highest BCUT2D eigenvalue weighted by Crippen LogP contribution is 2.24. The number of rotatable bonds is 2. The van der Waals surface area contributed by atoms with Crippen molar-refractivity contribution in [1.29, 1.82) is 0 Å². The van der Waals surface area contributed by atoms with Gasteiger partial charge in [0.25, 0.3) is 0 Å². The number of pyridine rings is 1. The van der Waals surface area contributed by atoms with Crippen LogP contribution < -0.4 is 10.2 Å². The number of halogens is 1. The van der Waals surface area contributed by atoms with Gasteiger partial charge in [-0.3, -0.25) is 9.78 Å². The minimum atomic E-state index is 0.0905. The molecule has 0 radical (unpaired) electrons. The highest BCUT2D eigenvalue weighted by molar-refractivity contribution is 9.10. The van der Waals surface area contributed by atoms with Gasteiger partial charge >= 0.3 is 0 Å². The molecule has 0 aromatic carbocycles. The first-order chi connectivity index (χ1) is 8.20. The van der Waals surface area contributed by atoms with Crippen molar-refractivity contribution in [2.45, 2.75) is 12.8 Å². The van der Waals surface area contributed by atoms with Crippen molar-refractivity contribution in [2.75, 3.05) is 25.0 Å². The molecule has 4 nitrogen and oxygen atoms in total. The summed E-state index contributed by atoms with van der Waals surface area (Å²) >= 11 is 3.42. The van der Waals surface area contributed by atoms with Crippen LogP contribution in [-0.2, 0) is 4.79 Å². The molecule has 1 fully saturated rings. The SMILES string of the molecule is CNC(=O)C1CCCN(c2cncc(Br)c2)C1. The van der Waals surface area contributed by atoms with E-state index in [0.29, 0.717) is 0 Å². The highest BCUT2D eigenvalue weighted by Gasteiger charge is 2.25. The van der Waals surface area contributed by atoms with E-state index in [1.165, 1.54) is 0 Å². The van der Waals surface area contributed by atoms with E-state index in [4.69, 9.17) is 0 Å². The molecule has 1 amide bonds. The average molecular weight is 298 g/mol. The zero-order valence-electron chi connectivity index (χ0n) is 9.82. The lowest BCUT2D eigenvalue weighted by atomic mass is 9.97. The minimum absolute atomic E-state index is 0.0905. The molecule has 1 N–H and O–H groups in total. The molecule has 1 aliphatic rings. The molecular formula is C12H16BrN3O. The summed E-state index contributed by atoms with van der Waals surface area (Å²) in [6, 6.07) is 2.04. The van der Waals surface area contributed by atoms with E-state index in [1.807, 2.05) is 12.3 Å². The second-order valence-electron chi connectivity index (χ2n) is 4.26. The predicted molar refractivity (Wildman–Crippen MR) is 70.9 cm³/mol. The molecule has 0 spiro atoms. The molecule has 92 valence electrons. The Labute approximate surface area is 110 Å². The fourth-order valence-electron chi connectivity index (χ4n) is 2.20. The normalized spacial score (nSPS) is 20.1. The quantitative estimate of drug-likeness (QED) is 0.905. The summed E-state index contributed by atoms with van der Waals surface area (Å²) in [4.78, 5) is 18.0. The number of hydrogen-bond acceptors (Lipinski definition) is 3. The van der Waals surface area contributed by atoms with Crippen molar-refractivity contribution in [3.05, 3.63) is 22.9 Å². The van der Waals surface area contributed by atoms with Crippen LogP contribution in [0.4, 0.5) is 5.69 Å². The van der Waals surface area contributed by atoms with Gasteiger partial charge in [-0.05, 0) is 34.8 Å². The maximum atomic E-state index is 11.6. The van der Waals surface area contributed by atoms with Gasteiger partial charge in [0.15, 0.2) is 0 Å². The first-order valence-corrected chi connectivity index (χ1v) is 6.57. The van der Waals surface area contributed by atoms with Gasteiger partial charge in [0, 0.05) is 30.8 Å². The third-order valence-corrected chi connectivity index (χ3v) is 3.53. The fourth-order valence-corrected chi connectivity index (χ4v) is 2.56. The smallest absolute Gasteiger partial charge is 0.224 e. The molecular weight excluding hydrogens is 282 g/mol. The van der Waals surface area contributed by atoms with Crippen LogP contribution in [0.25, 0.3) is 0 Å². The topological polar surface area (TPSA) is 45.2 Å². The molecule has 2 rings (SSSR count). The molecule has 0 bridgehead atoms. The molecule has 1 aliphatic heterocycles. The summed E-state index contributed by atoms with van der Waals surface area (Å²) in [7, 11) is 1.70. The van der Waals surface area contributed by atoms with Crippen LogP contribution in [-0.4, -0.2) is 31.0 Å². The number of nitrogens with one attached hydrogen (secondary N) is 1.